The molecule has 1 fully saturated rings. The molecule has 1 rings (SSSR count). The number of amides is 2. The van der Waals surface area contributed by atoms with E-state index in [-0.39, 0.29) is 6.03 Å². The molecule has 1 saturated heterocycles. The van der Waals surface area contributed by atoms with Gasteiger partial charge in [0.1, 0.15) is 0 Å². The number of hydrogen-bond donors (Lipinski definition) is 1. The maximum atomic E-state index is 10.6. The molecule has 0 aromatic rings. The van der Waals surface area contributed by atoms with Crippen molar-refractivity contribution in [3.63, 3.8) is 0 Å². The molecule has 0 unspecified atom stereocenters. The molecule has 1 aliphatic rings. The fourth-order valence-corrected chi connectivity index (χ4v) is 0.700. The highest BCUT2D eigenvalue weighted by molar-refractivity contribution is 5.77. The van der Waals surface area contributed by atoms with Crippen LogP contribution < -0.4 is 5.32 Å². The first-order chi connectivity index (χ1) is 3.84. The summed E-state index contributed by atoms with van der Waals surface area (Å²) in [6.07, 6.45) is 0. The first kappa shape index (κ1) is 5.41. The molecular formula is C5H9N2O. The minimum absolute atomic E-state index is 0.0208. The van der Waals surface area contributed by atoms with Crippen LogP contribution in [-0.4, -0.2) is 24.0 Å². The molecule has 0 atom stereocenters. The number of nitrogens with zero attached hydrogens (tertiary/aromatic N) is 1. The second kappa shape index (κ2) is 2.03. The molecule has 45 valence electrons. The molecule has 1 N–H and O–H groups in total. The SMILES string of the molecule is CCN1[CH]CNC1=O. The van der Waals surface area contributed by atoms with Gasteiger partial charge in [0.15, 0.2) is 0 Å². The van der Waals surface area contributed by atoms with Gasteiger partial charge < -0.3 is 10.2 Å². The van der Waals surface area contributed by atoms with Gasteiger partial charge in [0, 0.05) is 13.1 Å². The Bertz CT molecular complexity index is 103. The lowest BCUT2D eigenvalue weighted by atomic mass is 10.6. The summed E-state index contributed by atoms with van der Waals surface area (Å²) in [5.74, 6) is 0. The smallest absolute Gasteiger partial charge is 0.317 e. The fraction of sp³-hybridized carbons (Fsp3) is 0.600. The van der Waals surface area contributed by atoms with Gasteiger partial charge in [0.05, 0.1) is 6.54 Å². The summed E-state index contributed by atoms with van der Waals surface area (Å²) in [6.45, 7) is 5.25. The van der Waals surface area contributed by atoms with Gasteiger partial charge in [-0.15, -0.1) is 0 Å². The predicted molar refractivity (Wildman–Crippen MR) is 30.1 cm³/mol. The fourth-order valence-electron chi connectivity index (χ4n) is 0.700. The first-order valence-electron chi connectivity index (χ1n) is 2.72. The minimum atomic E-state index is 0.0208. The van der Waals surface area contributed by atoms with Crippen molar-refractivity contribution >= 4 is 6.03 Å². The maximum Gasteiger partial charge on any atom is 0.317 e. The molecule has 8 heavy (non-hydrogen) atoms. The average molecular weight is 113 g/mol. The molecule has 0 bridgehead atoms. The lowest BCUT2D eigenvalue weighted by molar-refractivity contribution is 0.224. The Morgan fingerprint density at radius 3 is 3.00 bits per heavy atom. The summed E-state index contributed by atoms with van der Waals surface area (Å²) < 4.78 is 0. The Balaban J connectivity index is 2.42. The van der Waals surface area contributed by atoms with Crippen molar-refractivity contribution in [1.82, 2.24) is 10.2 Å². The zero-order valence-corrected chi connectivity index (χ0v) is 4.85. The molecular weight excluding hydrogens is 104 g/mol. The highest BCUT2D eigenvalue weighted by Gasteiger charge is 2.16. The van der Waals surface area contributed by atoms with Crippen LogP contribution in [0, 0.1) is 6.54 Å². The summed E-state index contributed by atoms with van der Waals surface area (Å²) in [5.41, 5.74) is 0. The number of urea groups is 1. The van der Waals surface area contributed by atoms with Gasteiger partial charge in [0.25, 0.3) is 0 Å². The van der Waals surface area contributed by atoms with E-state index >= 15 is 0 Å². The zero-order valence-electron chi connectivity index (χ0n) is 4.85. The van der Waals surface area contributed by atoms with Crippen LogP contribution >= 0.6 is 0 Å². The van der Waals surface area contributed by atoms with Crippen LogP contribution in [0.3, 0.4) is 0 Å². The van der Waals surface area contributed by atoms with Crippen molar-refractivity contribution in [3.05, 3.63) is 6.54 Å². The number of nitrogens with one attached hydrogen (secondary N) is 1. The van der Waals surface area contributed by atoms with Crippen molar-refractivity contribution in [1.29, 1.82) is 0 Å². The highest BCUT2D eigenvalue weighted by Crippen LogP contribution is 1.98. The Morgan fingerprint density at radius 2 is 2.75 bits per heavy atom. The molecule has 3 heteroatoms. The molecule has 3 nitrogen and oxygen atoms in total. The Hall–Kier alpha value is -0.730. The summed E-state index contributed by atoms with van der Waals surface area (Å²) >= 11 is 0. The van der Waals surface area contributed by atoms with Crippen LogP contribution in [0.1, 0.15) is 6.92 Å². The van der Waals surface area contributed by atoms with Gasteiger partial charge in [-0.25, -0.2) is 4.79 Å². The molecule has 2 amide bonds. The second-order valence-electron chi connectivity index (χ2n) is 1.65. The van der Waals surface area contributed by atoms with E-state index in [1.807, 2.05) is 13.5 Å². The van der Waals surface area contributed by atoms with E-state index in [9.17, 15) is 4.79 Å². The van der Waals surface area contributed by atoms with E-state index in [1.165, 1.54) is 0 Å². The van der Waals surface area contributed by atoms with Gasteiger partial charge in [0.2, 0.25) is 0 Å². The molecule has 0 aliphatic carbocycles. The van der Waals surface area contributed by atoms with Crippen molar-refractivity contribution in [3.8, 4) is 0 Å². The standard InChI is InChI=1S/C5H9N2O/c1-2-7-4-3-6-5(7)8/h4H,2-3H2,1H3,(H,6,8). The largest absolute Gasteiger partial charge is 0.336 e. The Labute approximate surface area is 48.7 Å². The predicted octanol–water partition coefficient (Wildman–Crippen LogP) is 0.193. The number of carbonyl (C=O) groups is 1. The monoisotopic (exact) mass is 113 g/mol. The summed E-state index contributed by atoms with van der Waals surface area (Å²) in [4.78, 5) is 12.2. The third-order valence-electron chi connectivity index (χ3n) is 1.17. The minimum Gasteiger partial charge on any atom is -0.336 e. The van der Waals surface area contributed by atoms with Gasteiger partial charge in [-0.3, -0.25) is 0 Å². The number of hydrogen-bond acceptors (Lipinski definition) is 1. The molecule has 1 heterocycles. The third kappa shape index (κ3) is 0.757. The molecule has 0 aromatic heterocycles. The molecule has 1 aliphatic heterocycles. The van der Waals surface area contributed by atoms with Crippen molar-refractivity contribution < 1.29 is 4.79 Å². The zero-order chi connectivity index (χ0) is 5.98. The van der Waals surface area contributed by atoms with E-state index in [0.717, 1.165) is 6.54 Å². The Morgan fingerprint density at radius 1 is 2.00 bits per heavy atom. The molecule has 0 aromatic carbocycles. The maximum absolute atomic E-state index is 10.6. The van der Waals surface area contributed by atoms with Gasteiger partial charge >= 0.3 is 6.03 Å². The average Bonchev–Trinajstić information content (AvgIpc) is 2.14. The van der Waals surface area contributed by atoms with Crippen LogP contribution in [0.4, 0.5) is 4.79 Å². The molecule has 0 saturated carbocycles. The van der Waals surface area contributed by atoms with Gasteiger partial charge in [-0.1, -0.05) is 0 Å². The molecule has 0 spiro atoms. The van der Waals surface area contributed by atoms with Crippen LogP contribution in [0.15, 0.2) is 0 Å². The number of rotatable bonds is 1. The number of carbonyl (C=O) groups excluding carboxylic acids is 1. The Kier molecular flexibility index (Phi) is 1.37. The van der Waals surface area contributed by atoms with E-state index in [2.05, 4.69) is 5.32 Å². The highest BCUT2D eigenvalue weighted by atomic mass is 16.2. The topological polar surface area (TPSA) is 32.3 Å². The van der Waals surface area contributed by atoms with Crippen LogP contribution in [0.2, 0.25) is 0 Å². The summed E-state index contributed by atoms with van der Waals surface area (Å²) in [7, 11) is 0. The molecule has 1 radical (unpaired) electrons. The van der Waals surface area contributed by atoms with Crippen molar-refractivity contribution in [2.24, 2.45) is 0 Å². The van der Waals surface area contributed by atoms with Crippen molar-refractivity contribution in [2.45, 2.75) is 6.92 Å². The second-order valence-corrected chi connectivity index (χ2v) is 1.65. The third-order valence-corrected chi connectivity index (χ3v) is 1.17. The van der Waals surface area contributed by atoms with Gasteiger partial charge in [-0.05, 0) is 6.92 Å². The summed E-state index contributed by atoms with van der Waals surface area (Å²) in [5, 5.41) is 2.65. The van der Waals surface area contributed by atoms with E-state index in [4.69, 9.17) is 0 Å². The van der Waals surface area contributed by atoms with E-state index in [1.54, 1.807) is 4.90 Å². The first-order valence-corrected chi connectivity index (χ1v) is 2.72. The van der Waals surface area contributed by atoms with Gasteiger partial charge in [-0.2, -0.15) is 0 Å². The summed E-state index contributed by atoms with van der Waals surface area (Å²) in [6, 6.07) is 0.0208. The normalized spacial score (nSPS) is 19.1. The lowest BCUT2D eigenvalue weighted by Crippen LogP contribution is -2.26. The van der Waals surface area contributed by atoms with Crippen molar-refractivity contribution in [2.75, 3.05) is 13.1 Å². The quantitative estimate of drug-likeness (QED) is 0.517. The van der Waals surface area contributed by atoms with Crippen LogP contribution in [-0.2, 0) is 0 Å². The number of likely N-dealkylation sites (N-methyl/N-ethyl adjacent to an activating group) is 1. The van der Waals surface area contributed by atoms with E-state index in [0.29, 0.717) is 6.54 Å². The van der Waals surface area contributed by atoms with Crippen LogP contribution in [0.25, 0.3) is 0 Å². The van der Waals surface area contributed by atoms with E-state index < -0.39 is 0 Å². The lowest BCUT2D eigenvalue weighted by Gasteiger charge is -2.07. The van der Waals surface area contributed by atoms with Crippen LogP contribution in [0.5, 0.6) is 0 Å².